The molecular weight excluding hydrogens is 270 g/mol. The Balaban J connectivity index is 1.55. The first kappa shape index (κ1) is 11.9. The fourth-order valence-electron chi connectivity index (χ4n) is 2.48. The lowest BCUT2D eigenvalue weighted by Crippen LogP contribution is -2.21. The van der Waals surface area contributed by atoms with Crippen LogP contribution in [0.25, 0.3) is 10.4 Å². The van der Waals surface area contributed by atoms with Gasteiger partial charge in [-0.05, 0) is 24.0 Å². The third-order valence-corrected chi connectivity index (χ3v) is 5.03. The number of amides is 2. The predicted molar refractivity (Wildman–Crippen MR) is 78.8 cm³/mol. The minimum Gasteiger partial charge on any atom is -0.336 e. The summed E-state index contributed by atoms with van der Waals surface area (Å²) in [6.07, 6.45) is 4.56. The van der Waals surface area contributed by atoms with E-state index in [9.17, 15) is 4.79 Å². The number of carbonyl (C=O) groups is 1. The van der Waals surface area contributed by atoms with Gasteiger partial charge in [0.25, 0.3) is 0 Å². The van der Waals surface area contributed by atoms with Crippen molar-refractivity contribution in [1.29, 1.82) is 0 Å². The van der Waals surface area contributed by atoms with Gasteiger partial charge in [-0.3, -0.25) is 0 Å². The normalized spacial score (nSPS) is 21.6. The van der Waals surface area contributed by atoms with Gasteiger partial charge in [-0.2, -0.15) is 0 Å². The van der Waals surface area contributed by atoms with E-state index in [2.05, 4.69) is 39.9 Å². The van der Waals surface area contributed by atoms with E-state index in [0.29, 0.717) is 12.5 Å². The van der Waals surface area contributed by atoms with Crippen LogP contribution in [-0.4, -0.2) is 17.6 Å². The van der Waals surface area contributed by atoms with E-state index in [1.165, 1.54) is 28.3 Å². The second-order valence-corrected chi connectivity index (χ2v) is 6.43. The highest BCUT2D eigenvalue weighted by Gasteiger charge is 2.27. The molecule has 0 bridgehead atoms. The SMILES string of the molecule is O=C1NCC(c2ccc(-c3cnc(C4CC4)s3)cc2)N1. The van der Waals surface area contributed by atoms with Crippen LogP contribution in [0.15, 0.2) is 30.5 Å². The van der Waals surface area contributed by atoms with Gasteiger partial charge in [0.15, 0.2) is 0 Å². The van der Waals surface area contributed by atoms with Gasteiger partial charge in [0, 0.05) is 18.7 Å². The molecule has 1 aromatic heterocycles. The number of hydrogen-bond donors (Lipinski definition) is 2. The molecule has 2 aromatic rings. The highest BCUT2D eigenvalue weighted by molar-refractivity contribution is 7.15. The van der Waals surface area contributed by atoms with Gasteiger partial charge in [0.2, 0.25) is 0 Å². The standard InChI is InChI=1S/C15H15N3OS/c19-15-17-7-12(18-15)9-1-3-10(4-2-9)13-8-16-14(20-13)11-5-6-11/h1-4,8,11-12H,5-7H2,(H2,17,18,19). The van der Waals surface area contributed by atoms with Crippen molar-refractivity contribution >= 4 is 17.4 Å². The van der Waals surface area contributed by atoms with Crippen LogP contribution in [-0.2, 0) is 0 Å². The predicted octanol–water partition coefficient (Wildman–Crippen LogP) is 3.04. The second-order valence-electron chi connectivity index (χ2n) is 5.37. The molecule has 20 heavy (non-hydrogen) atoms. The maximum absolute atomic E-state index is 11.2. The van der Waals surface area contributed by atoms with Gasteiger partial charge in [0.05, 0.1) is 15.9 Å². The summed E-state index contributed by atoms with van der Waals surface area (Å²) in [4.78, 5) is 16.9. The maximum atomic E-state index is 11.2. The van der Waals surface area contributed by atoms with Crippen LogP contribution in [0.2, 0.25) is 0 Å². The molecule has 1 unspecified atom stereocenters. The molecule has 2 heterocycles. The summed E-state index contributed by atoms with van der Waals surface area (Å²) in [5.41, 5.74) is 2.34. The van der Waals surface area contributed by atoms with E-state index in [-0.39, 0.29) is 12.1 Å². The maximum Gasteiger partial charge on any atom is 0.315 e. The first-order valence-electron chi connectivity index (χ1n) is 6.90. The lowest BCUT2D eigenvalue weighted by molar-refractivity contribution is 0.247. The number of benzene rings is 1. The minimum atomic E-state index is -0.0874. The van der Waals surface area contributed by atoms with Crippen molar-refractivity contribution in [3.05, 3.63) is 41.0 Å². The molecule has 2 aliphatic rings. The molecule has 4 nitrogen and oxygen atoms in total. The van der Waals surface area contributed by atoms with E-state index in [4.69, 9.17) is 0 Å². The zero-order valence-corrected chi connectivity index (χ0v) is 11.7. The minimum absolute atomic E-state index is 0.0834. The van der Waals surface area contributed by atoms with Crippen molar-refractivity contribution in [3.63, 3.8) is 0 Å². The number of aromatic nitrogens is 1. The van der Waals surface area contributed by atoms with E-state index in [1.54, 1.807) is 11.3 Å². The largest absolute Gasteiger partial charge is 0.336 e. The zero-order chi connectivity index (χ0) is 13.5. The molecule has 102 valence electrons. The first-order valence-corrected chi connectivity index (χ1v) is 7.72. The van der Waals surface area contributed by atoms with Crippen LogP contribution in [0, 0.1) is 0 Å². The quantitative estimate of drug-likeness (QED) is 0.910. The lowest BCUT2D eigenvalue weighted by atomic mass is 10.1. The Morgan fingerprint density at radius 1 is 1.20 bits per heavy atom. The summed E-state index contributed by atoms with van der Waals surface area (Å²) in [7, 11) is 0. The van der Waals surface area contributed by atoms with Crippen molar-refractivity contribution in [2.24, 2.45) is 0 Å². The molecule has 1 saturated heterocycles. The van der Waals surface area contributed by atoms with Crippen LogP contribution in [0.5, 0.6) is 0 Å². The molecule has 2 fully saturated rings. The van der Waals surface area contributed by atoms with Crippen LogP contribution in [0.4, 0.5) is 4.79 Å². The van der Waals surface area contributed by atoms with Crippen molar-refractivity contribution in [2.45, 2.75) is 24.8 Å². The Kier molecular flexibility index (Phi) is 2.73. The Morgan fingerprint density at radius 3 is 2.65 bits per heavy atom. The topological polar surface area (TPSA) is 54.0 Å². The summed E-state index contributed by atoms with van der Waals surface area (Å²) in [6, 6.07) is 8.40. The fourth-order valence-corrected chi connectivity index (χ4v) is 3.57. The third-order valence-electron chi connectivity index (χ3n) is 3.82. The zero-order valence-electron chi connectivity index (χ0n) is 10.9. The molecule has 1 aliphatic heterocycles. The Hall–Kier alpha value is -1.88. The number of urea groups is 1. The van der Waals surface area contributed by atoms with Crippen molar-refractivity contribution in [2.75, 3.05) is 6.54 Å². The van der Waals surface area contributed by atoms with Crippen molar-refractivity contribution in [3.8, 4) is 10.4 Å². The average Bonchev–Trinajstić information content (AvgIpc) is 3.04. The fraction of sp³-hybridized carbons (Fsp3) is 0.333. The molecule has 1 saturated carbocycles. The summed E-state index contributed by atoms with van der Waals surface area (Å²) >= 11 is 1.80. The molecule has 5 heteroatoms. The van der Waals surface area contributed by atoms with Crippen LogP contribution >= 0.6 is 11.3 Å². The Morgan fingerprint density at radius 2 is 2.00 bits per heavy atom. The van der Waals surface area contributed by atoms with E-state index in [1.807, 2.05) is 6.20 Å². The third kappa shape index (κ3) is 2.18. The highest BCUT2D eigenvalue weighted by atomic mass is 32.1. The van der Waals surface area contributed by atoms with Crippen LogP contribution in [0.1, 0.15) is 35.4 Å². The van der Waals surface area contributed by atoms with Gasteiger partial charge < -0.3 is 10.6 Å². The van der Waals surface area contributed by atoms with Gasteiger partial charge in [-0.1, -0.05) is 24.3 Å². The van der Waals surface area contributed by atoms with Crippen LogP contribution in [0.3, 0.4) is 0 Å². The number of rotatable bonds is 3. The molecule has 1 aliphatic carbocycles. The molecule has 1 aromatic carbocycles. The van der Waals surface area contributed by atoms with Gasteiger partial charge in [-0.15, -0.1) is 11.3 Å². The molecule has 2 amide bonds. The van der Waals surface area contributed by atoms with Crippen molar-refractivity contribution in [1.82, 2.24) is 15.6 Å². The summed E-state index contributed by atoms with van der Waals surface area (Å²) in [5.74, 6) is 0.716. The highest BCUT2D eigenvalue weighted by Crippen LogP contribution is 2.43. The van der Waals surface area contributed by atoms with E-state index < -0.39 is 0 Å². The molecule has 0 spiro atoms. The summed E-state index contributed by atoms with van der Waals surface area (Å²) < 4.78 is 0. The number of nitrogens with zero attached hydrogens (tertiary/aromatic N) is 1. The number of thiazole rings is 1. The summed E-state index contributed by atoms with van der Waals surface area (Å²) in [5, 5.41) is 6.95. The monoisotopic (exact) mass is 285 g/mol. The van der Waals surface area contributed by atoms with E-state index >= 15 is 0 Å². The first-order chi connectivity index (χ1) is 9.79. The Bertz CT molecular complexity index is 645. The second kappa shape index (κ2) is 4.59. The van der Waals surface area contributed by atoms with Gasteiger partial charge in [-0.25, -0.2) is 9.78 Å². The molecular formula is C15H15N3OS. The number of hydrogen-bond acceptors (Lipinski definition) is 3. The van der Waals surface area contributed by atoms with Crippen LogP contribution < -0.4 is 10.6 Å². The smallest absolute Gasteiger partial charge is 0.315 e. The molecule has 0 radical (unpaired) electrons. The molecule has 2 N–H and O–H groups in total. The van der Waals surface area contributed by atoms with Gasteiger partial charge in [0.1, 0.15) is 0 Å². The Labute approximate surface area is 121 Å². The van der Waals surface area contributed by atoms with Gasteiger partial charge >= 0.3 is 6.03 Å². The molecule has 4 rings (SSSR count). The number of nitrogens with one attached hydrogen (secondary N) is 2. The van der Waals surface area contributed by atoms with Crippen molar-refractivity contribution < 1.29 is 4.79 Å². The molecule has 1 atom stereocenters. The average molecular weight is 285 g/mol. The lowest BCUT2D eigenvalue weighted by Gasteiger charge is -2.09. The summed E-state index contributed by atoms with van der Waals surface area (Å²) in [6.45, 7) is 0.657. The van der Waals surface area contributed by atoms with E-state index in [0.717, 1.165) is 5.56 Å². The number of carbonyl (C=O) groups excluding carboxylic acids is 1.